The molecule has 134 valence electrons. The molecule has 1 aromatic rings. The lowest BCUT2D eigenvalue weighted by molar-refractivity contribution is 0.169. The number of benzene rings is 1. The summed E-state index contributed by atoms with van der Waals surface area (Å²) in [6.45, 7) is 4.91. The van der Waals surface area contributed by atoms with Gasteiger partial charge in [0.1, 0.15) is 0 Å². The quantitative estimate of drug-likeness (QED) is 0.505. The van der Waals surface area contributed by atoms with Crippen molar-refractivity contribution in [3.63, 3.8) is 0 Å². The third-order valence-corrected chi connectivity index (χ3v) is 7.22. The van der Waals surface area contributed by atoms with Crippen molar-refractivity contribution in [1.82, 2.24) is 0 Å². The minimum absolute atomic E-state index is 0.835. The molecule has 2 aliphatic carbocycles. The maximum atomic E-state index is 2.56. The Morgan fingerprint density at radius 2 is 1.46 bits per heavy atom. The van der Waals surface area contributed by atoms with Gasteiger partial charge in [0, 0.05) is 0 Å². The van der Waals surface area contributed by atoms with Gasteiger partial charge in [-0.25, -0.2) is 0 Å². The molecule has 0 aromatic heterocycles. The molecule has 3 rings (SSSR count). The first-order valence-electron chi connectivity index (χ1n) is 10.8. The Hall–Kier alpha value is -0.780. The first-order chi connectivity index (χ1) is 11.8. The molecule has 0 spiro atoms. The Bertz CT molecular complexity index is 446. The molecule has 0 aliphatic heterocycles. The molecule has 0 bridgehead atoms. The lowest BCUT2D eigenvalue weighted by Crippen LogP contribution is -2.23. The topological polar surface area (TPSA) is 0 Å². The van der Waals surface area contributed by atoms with Gasteiger partial charge in [-0.05, 0) is 80.1 Å². The molecule has 0 radical (unpaired) electrons. The molecule has 1 aromatic carbocycles. The molecule has 0 heterocycles. The van der Waals surface area contributed by atoms with Crippen LogP contribution < -0.4 is 0 Å². The molecule has 0 saturated heterocycles. The Labute approximate surface area is 150 Å². The molecule has 2 fully saturated rings. The number of rotatable bonds is 6. The lowest BCUT2D eigenvalue weighted by atomic mass is 9.70. The van der Waals surface area contributed by atoms with Gasteiger partial charge in [0.2, 0.25) is 0 Å². The predicted molar refractivity (Wildman–Crippen MR) is 105 cm³/mol. The summed E-state index contributed by atoms with van der Waals surface area (Å²) in [7, 11) is 0. The lowest BCUT2D eigenvalue weighted by Gasteiger charge is -2.36. The van der Waals surface area contributed by atoms with Gasteiger partial charge in [0.25, 0.3) is 0 Å². The van der Waals surface area contributed by atoms with Crippen molar-refractivity contribution >= 4 is 0 Å². The van der Waals surface area contributed by atoms with Crippen molar-refractivity contribution in [2.24, 2.45) is 23.7 Å². The van der Waals surface area contributed by atoms with Crippen molar-refractivity contribution in [1.29, 1.82) is 0 Å². The van der Waals surface area contributed by atoms with E-state index in [0.29, 0.717) is 0 Å². The zero-order valence-electron chi connectivity index (χ0n) is 16.1. The van der Waals surface area contributed by atoms with E-state index in [1.807, 2.05) is 0 Å². The number of hydrogen-bond donors (Lipinski definition) is 0. The van der Waals surface area contributed by atoms with Crippen molar-refractivity contribution in [3.8, 4) is 0 Å². The highest BCUT2D eigenvalue weighted by Crippen LogP contribution is 2.42. The van der Waals surface area contributed by atoms with Crippen LogP contribution in [0.5, 0.6) is 0 Å². The summed E-state index contributed by atoms with van der Waals surface area (Å²) in [6, 6.07) is 11.2. The Balaban J connectivity index is 1.40. The summed E-state index contributed by atoms with van der Waals surface area (Å²) in [5.41, 5.74) is 1.58. The molecule has 1 atom stereocenters. The van der Waals surface area contributed by atoms with Crippen molar-refractivity contribution in [3.05, 3.63) is 35.9 Å². The molecule has 0 heteroatoms. The minimum atomic E-state index is 0.835. The molecule has 1 unspecified atom stereocenters. The first kappa shape index (κ1) is 18.0. The van der Waals surface area contributed by atoms with E-state index < -0.39 is 0 Å². The van der Waals surface area contributed by atoms with Gasteiger partial charge in [0.15, 0.2) is 0 Å². The molecule has 2 aliphatic rings. The van der Waals surface area contributed by atoms with Gasteiger partial charge >= 0.3 is 0 Å². The van der Waals surface area contributed by atoms with Gasteiger partial charge in [-0.2, -0.15) is 0 Å². The fourth-order valence-electron chi connectivity index (χ4n) is 5.63. The summed E-state index contributed by atoms with van der Waals surface area (Å²) in [5.74, 6) is 4.89. The van der Waals surface area contributed by atoms with Crippen LogP contribution in [0.2, 0.25) is 0 Å². The van der Waals surface area contributed by atoms with Crippen LogP contribution in [0.25, 0.3) is 0 Å². The second-order valence-electron chi connectivity index (χ2n) is 8.91. The molecular weight excluding hydrogens is 288 g/mol. The normalized spacial score (nSPS) is 32.4. The fraction of sp³-hybridized carbons (Fsp3) is 0.750. The maximum absolute atomic E-state index is 2.56. The predicted octanol–water partition coefficient (Wildman–Crippen LogP) is 7.59. The molecule has 0 N–H and O–H groups in total. The van der Waals surface area contributed by atoms with Crippen LogP contribution in [0.1, 0.15) is 96.0 Å². The van der Waals surface area contributed by atoms with Crippen molar-refractivity contribution in [2.45, 2.75) is 90.4 Å². The van der Waals surface area contributed by atoms with E-state index >= 15 is 0 Å². The van der Waals surface area contributed by atoms with E-state index in [1.165, 1.54) is 70.6 Å². The average Bonchev–Trinajstić information content (AvgIpc) is 2.64. The summed E-state index contributed by atoms with van der Waals surface area (Å²) in [6.07, 6.45) is 16.2. The average molecular weight is 327 g/mol. The van der Waals surface area contributed by atoms with Gasteiger partial charge in [-0.15, -0.1) is 0 Å². The standard InChI is InChI=1S/C24H38/c1-3-7-20-10-14-22(15-11-20)19(2)18-21-12-16-24(17-13-21)23-8-5-4-6-9-23/h4-6,8-9,19-22,24H,3,7,10-18H2,1-2H3. The summed E-state index contributed by atoms with van der Waals surface area (Å²) >= 11 is 0. The summed E-state index contributed by atoms with van der Waals surface area (Å²) in [5, 5.41) is 0. The van der Waals surface area contributed by atoms with Gasteiger partial charge in [0.05, 0.1) is 0 Å². The van der Waals surface area contributed by atoms with E-state index in [9.17, 15) is 0 Å². The van der Waals surface area contributed by atoms with E-state index in [0.717, 1.165) is 29.6 Å². The highest BCUT2D eigenvalue weighted by Gasteiger charge is 2.28. The van der Waals surface area contributed by atoms with Gasteiger partial charge in [-0.3, -0.25) is 0 Å². The Kier molecular flexibility index (Phi) is 6.81. The summed E-state index contributed by atoms with van der Waals surface area (Å²) < 4.78 is 0. The maximum Gasteiger partial charge on any atom is -0.0162 e. The van der Waals surface area contributed by atoms with Crippen LogP contribution in [0.3, 0.4) is 0 Å². The number of hydrogen-bond acceptors (Lipinski definition) is 0. The third kappa shape index (κ3) is 4.87. The summed E-state index contributed by atoms with van der Waals surface area (Å²) in [4.78, 5) is 0. The highest BCUT2D eigenvalue weighted by atomic mass is 14.3. The SMILES string of the molecule is CCCC1CCC(C(C)CC2CCC(c3ccccc3)CC2)CC1. The second kappa shape index (κ2) is 9.07. The Morgan fingerprint density at radius 1 is 0.833 bits per heavy atom. The second-order valence-corrected chi connectivity index (χ2v) is 8.91. The largest absolute Gasteiger partial charge is 0.0654 e. The zero-order valence-corrected chi connectivity index (χ0v) is 16.1. The minimum Gasteiger partial charge on any atom is -0.0654 e. The molecular formula is C24H38. The van der Waals surface area contributed by atoms with Crippen molar-refractivity contribution < 1.29 is 0 Å². The van der Waals surface area contributed by atoms with E-state index in [-0.39, 0.29) is 0 Å². The van der Waals surface area contributed by atoms with Crippen LogP contribution in [0, 0.1) is 23.7 Å². The first-order valence-corrected chi connectivity index (χ1v) is 10.8. The monoisotopic (exact) mass is 326 g/mol. The van der Waals surface area contributed by atoms with E-state index in [2.05, 4.69) is 44.2 Å². The molecule has 2 saturated carbocycles. The molecule has 0 amide bonds. The van der Waals surface area contributed by atoms with Gasteiger partial charge in [-0.1, -0.05) is 69.9 Å². The van der Waals surface area contributed by atoms with Crippen LogP contribution in [0.15, 0.2) is 30.3 Å². The van der Waals surface area contributed by atoms with Crippen LogP contribution >= 0.6 is 0 Å². The Morgan fingerprint density at radius 3 is 2.08 bits per heavy atom. The van der Waals surface area contributed by atoms with Crippen LogP contribution in [-0.4, -0.2) is 0 Å². The van der Waals surface area contributed by atoms with Crippen LogP contribution in [0.4, 0.5) is 0 Å². The zero-order chi connectivity index (χ0) is 16.8. The third-order valence-electron chi connectivity index (χ3n) is 7.22. The van der Waals surface area contributed by atoms with Crippen molar-refractivity contribution in [2.75, 3.05) is 0 Å². The van der Waals surface area contributed by atoms with E-state index in [4.69, 9.17) is 0 Å². The molecule has 0 nitrogen and oxygen atoms in total. The van der Waals surface area contributed by atoms with Gasteiger partial charge < -0.3 is 0 Å². The van der Waals surface area contributed by atoms with E-state index in [1.54, 1.807) is 5.56 Å². The molecule has 24 heavy (non-hydrogen) atoms. The fourth-order valence-corrected chi connectivity index (χ4v) is 5.63. The highest BCUT2D eigenvalue weighted by molar-refractivity contribution is 5.19. The smallest absolute Gasteiger partial charge is 0.0162 e. The van der Waals surface area contributed by atoms with Crippen LogP contribution in [-0.2, 0) is 0 Å².